The van der Waals surface area contributed by atoms with Gasteiger partial charge in [0.2, 0.25) is 15.9 Å². The Hall–Kier alpha value is -1.66. The van der Waals surface area contributed by atoms with E-state index in [1.807, 2.05) is 0 Å². The van der Waals surface area contributed by atoms with Gasteiger partial charge in [-0.1, -0.05) is 25.6 Å². The molecule has 0 heterocycles. The molecule has 0 radical (unpaired) electrons. The van der Waals surface area contributed by atoms with Crippen LogP contribution >= 0.6 is 0 Å². The summed E-state index contributed by atoms with van der Waals surface area (Å²) in [5.74, 6) is -0.264. The highest BCUT2D eigenvalue weighted by molar-refractivity contribution is 7.89. The maximum Gasteiger partial charge on any atom is 0.243 e. The molecule has 0 bridgehead atoms. The van der Waals surface area contributed by atoms with Gasteiger partial charge in [-0.15, -0.1) is 0 Å². The summed E-state index contributed by atoms with van der Waals surface area (Å²) in [4.78, 5) is 11.2. The maximum absolute atomic E-state index is 11.7. The van der Waals surface area contributed by atoms with Gasteiger partial charge in [0.15, 0.2) is 0 Å². The molecule has 98 valence electrons. The third-order valence-corrected chi connectivity index (χ3v) is 3.78. The maximum atomic E-state index is 11.7. The van der Waals surface area contributed by atoms with E-state index in [4.69, 9.17) is 0 Å². The highest BCUT2D eigenvalue weighted by Crippen LogP contribution is 2.10. The Kier molecular flexibility index (Phi) is 5.06. The second-order valence-electron chi connectivity index (χ2n) is 3.57. The van der Waals surface area contributed by atoms with Crippen LogP contribution in [0.5, 0.6) is 0 Å². The van der Waals surface area contributed by atoms with E-state index in [0.29, 0.717) is 13.1 Å². The number of benzene rings is 1. The van der Waals surface area contributed by atoms with Crippen molar-refractivity contribution in [1.82, 2.24) is 10.0 Å². The van der Waals surface area contributed by atoms with Gasteiger partial charge >= 0.3 is 0 Å². The molecule has 0 aromatic heterocycles. The van der Waals surface area contributed by atoms with Gasteiger partial charge in [0.05, 0.1) is 4.90 Å². The molecule has 1 aromatic rings. The van der Waals surface area contributed by atoms with Gasteiger partial charge in [-0.25, -0.2) is 13.1 Å². The first-order valence-electron chi connectivity index (χ1n) is 5.48. The average molecular weight is 268 g/mol. The molecule has 0 unspecified atom stereocenters. The Labute approximate surface area is 107 Å². The zero-order valence-electron chi connectivity index (χ0n) is 10.1. The van der Waals surface area contributed by atoms with E-state index in [1.54, 1.807) is 19.1 Å². The van der Waals surface area contributed by atoms with E-state index < -0.39 is 10.0 Å². The van der Waals surface area contributed by atoms with E-state index >= 15 is 0 Å². The first-order valence-corrected chi connectivity index (χ1v) is 6.96. The number of hydrogen-bond acceptors (Lipinski definition) is 3. The molecular weight excluding hydrogens is 252 g/mol. The lowest BCUT2D eigenvalue weighted by Crippen LogP contribution is -2.23. The molecule has 0 fully saturated rings. The van der Waals surface area contributed by atoms with E-state index in [2.05, 4.69) is 16.6 Å². The molecule has 1 rings (SSSR count). The van der Waals surface area contributed by atoms with Crippen LogP contribution in [-0.2, 0) is 21.4 Å². The third-order valence-electron chi connectivity index (χ3n) is 2.22. The van der Waals surface area contributed by atoms with Gasteiger partial charge in [-0.05, 0) is 23.8 Å². The lowest BCUT2D eigenvalue weighted by molar-refractivity contribution is -0.116. The molecular formula is C12H16N2O3S. The summed E-state index contributed by atoms with van der Waals surface area (Å²) in [7, 11) is -3.42. The van der Waals surface area contributed by atoms with Crippen LogP contribution in [-0.4, -0.2) is 20.9 Å². The molecule has 0 atom stereocenters. The number of nitrogens with one attached hydrogen (secondary N) is 2. The normalized spacial score (nSPS) is 10.9. The second-order valence-corrected chi connectivity index (χ2v) is 5.33. The monoisotopic (exact) mass is 268 g/mol. The molecule has 1 amide bonds. The summed E-state index contributed by atoms with van der Waals surface area (Å²) in [5, 5.41) is 2.61. The van der Waals surface area contributed by atoms with E-state index in [0.717, 1.165) is 5.56 Å². The number of rotatable bonds is 6. The van der Waals surface area contributed by atoms with Crippen LogP contribution in [0.25, 0.3) is 0 Å². The molecule has 0 saturated heterocycles. The topological polar surface area (TPSA) is 75.3 Å². The van der Waals surface area contributed by atoms with Gasteiger partial charge in [-0.2, -0.15) is 0 Å². The Morgan fingerprint density at radius 1 is 1.33 bits per heavy atom. The standard InChI is InChI=1S/C12H16N2O3S/c1-3-12(15)13-9-10-5-7-11(8-6-10)18(16,17)14-4-2/h3,5-8,14H,1,4,9H2,2H3,(H,13,15). The van der Waals surface area contributed by atoms with Gasteiger partial charge in [-0.3, -0.25) is 4.79 Å². The SMILES string of the molecule is C=CC(=O)NCc1ccc(S(=O)(=O)NCC)cc1. The van der Waals surface area contributed by atoms with Crippen molar-refractivity contribution in [1.29, 1.82) is 0 Å². The summed E-state index contributed by atoms with van der Waals surface area (Å²) in [5.41, 5.74) is 0.820. The van der Waals surface area contributed by atoms with Gasteiger partial charge in [0.1, 0.15) is 0 Å². The molecule has 1 aromatic carbocycles. The van der Waals surface area contributed by atoms with Crippen molar-refractivity contribution in [3.05, 3.63) is 42.5 Å². The van der Waals surface area contributed by atoms with Crippen LogP contribution in [0.3, 0.4) is 0 Å². The fourth-order valence-electron chi connectivity index (χ4n) is 1.32. The van der Waals surface area contributed by atoms with E-state index in [-0.39, 0.29) is 10.8 Å². The quantitative estimate of drug-likeness (QED) is 0.749. The first-order chi connectivity index (χ1) is 8.49. The molecule has 2 N–H and O–H groups in total. The predicted molar refractivity (Wildman–Crippen MR) is 69.3 cm³/mol. The Morgan fingerprint density at radius 2 is 1.94 bits per heavy atom. The minimum absolute atomic E-state index is 0.211. The van der Waals surface area contributed by atoms with Crippen molar-refractivity contribution in [2.75, 3.05) is 6.54 Å². The van der Waals surface area contributed by atoms with Crippen LogP contribution in [0.15, 0.2) is 41.8 Å². The molecule has 0 aliphatic heterocycles. The lowest BCUT2D eigenvalue weighted by atomic mass is 10.2. The molecule has 18 heavy (non-hydrogen) atoms. The molecule has 0 saturated carbocycles. The van der Waals surface area contributed by atoms with Crippen molar-refractivity contribution in [2.24, 2.45) is 0 Å². The number of sulfonamides is 1. The van der Waals surface area contributed by atoms with Gasteiger partial charge < -0.3 is 5.32 Å². The van der Waals surface area contributed by atoms with Crippen LogP contribution in [0, 0.1) is 0 Å². The molecule has 0 aliphatic carbocycles. The smallest absolute Gasteiger partial charge is 0.243 e. The van der Waals surface area contributed by atoms with E-state index in [1.165, 1.54) is 18.2 Å². The molecule has 6 heteroatoms. The summed E-state index contributed by atoms with van der Waals surface area (Å²) >= 11 is 0. The van der Waals surface area contributed by atoms with Crippen molar-refractivity contribution in [3.63, 3.8) is 0 Å². The zero-order valence-corrected chi connectivity index (χ0v) is 11.0. The van der Waals surface area contributed by atoms with Crippen molar-refractivity contribution >= 4 is 15.9 Å². The fraction of sp³-hybridized carbons (Fsp3) is 0.250. The first kappa shape index (κ1) is 14.4. The number of hydrogen-bond donors (Lipinski definition) is 2. The van der Waals surface area contributed by atoms with Crippen LogP contribution in [0.2, 0.25) is 0 Å². The largest absolute Gasteiger partial charge is 0.348 e. The number of carbonyl (C=O) groups excluding carboxylic acids is 1. The minimum Gasteiger partial charge on any atom is -0.348 e. The number of amides is 1. The minimum atomic E-state index is -3.42. The third kappa shape index (κ3) is 3.97. The van der Waals surface area contributed by atoms with Crippen LogP contribution < -0.4 is 10.0 Å². The summed E-state index contributed by atoms with van der Waals surface area (Å²) in [6, 6.07) is 6.34. The van der Waals surface area contributed by atoms with Crippen molar-refractivity contribution in [3.8, 4) is 0 Å². The van der Waals surface area contributed by atoms with Gasteiger partial charge in [0, 0.05) is 13.1 Å². The summed E-state index contributed by atoms with van der Waals surface area (Å²) < 4.78 is 25.7. The van der Waals surface area contributed by atoms with Crippen molar-refractivity contribution < 1.29 is 13.2 Å². The predicted octanol–water partition coefficient (Wildman–Crippen LogP) is 0.787. The van der Waals surface area contributed by atoms with Crippen LogP contribution in [0.1, 0.15) is 12.5 Å². The summed E-state index contributed by atoms with van der Waals surface area (Å²) in [6.45, 7) is 5.75. The molecule has 5 nitrogen and oxygen atoms in total. The Balaban J connectivity index is 2.74. The Morgan fingerprint density at radius 3 is 2.44 bits per heavy atom. The fourth-order valence-corrected chi connectivity index (χ4v) is 2.36. The van der Waals surface area contributed by atoms with E-state index in [9.17, 15) is 13.2 Å². The molecule has 0 spiro atoms. The molecule has 0 aliphatic rings. The average Bonchev–Trinajstić information content (AvgIpc) is 2.36. The zero-order chi connectivity index (χ0) is 13.6. The summed E-state index contributed by atoms with van der Waals surface area (Å²) in [6.07, 6.45) is 1.18. The second kappa shape index (κ2) is 6.32. The Bertz CT molecular complexity index is 521. The lowest BCUT2D eigenvalue weighted by Gasteiger charge is -2.06. The van der Waals surface area contributed by atoms with Crippen LogP contribution in [0.4, 0.5) is 0 Å². The van der Waals surface area contributed by atoms with Crippen molar-refractivity contribution in [2.45, 2.75) is 18.4 Å². The van der Waals surface area contributed by atoms with Gasteiger partial charge in [0.25, 0.3) is 0 Å². The highest BCUT2D eigenvalue weighted by atomic mass is 32.2. The number of carbonyl (C=O) groups is 1. The highest BCUT2D eigenvalue weighted by Gasteiger charge is 2.11.